The zero-order chi connectivity index (χ0) is 12.0. The van der Waals surface area contributed by atoms with E-state index in [1.807, 2.05) is 6.92 Å². The lowest BCUT2D eigenvalue weighted by atomic mass is 10.1. The molecular weight excluding hydrogens is 214 g/mol. The molecule has 0 fully saturated rings. The molecule has 0 bridgehead atoms. The number of ether oxygens (including phenoxy) is 1. The number of aliphatic hydroxyl groups excluding tert-OH is 1. The Bertz CT molecular complexity index is 329. The van der Waals surface area contributed by atoms with Crippen molar-refractivity contribution in [2.75, 3.05) is 13.2 Å². The summed E-state index contributed by atoms with van der Waals surface area (Å²) < 4.78 is 31.2. The van der Waals surface area contributed by atoms with Crippen LogP contribution in [0.3, 0.4) is 0 Å². The number of benzene rings is 1. The highest BCUT2D eigenvalue weighted by Crippen LogP contribution is 2.20. The van der Waals surface area contributed by atoms with Crippen LogP contribution < -0.4 is 0 Å². The van der Waals surface area contributed by atoms with Gasteiger partial charge in [0.2, 0.25) is 0 Å². The first kappa shape index (κ1) is 13.1. The van der Waals surface area contributed by atoms with Gasteiger partial charge in [-0.2, -0.15) is 0 Å². The van der Waals surface area contributed by atoms with Crippen molar-refractivity contribution in [2.24, 2.45) is 0 Å². The summed E-state index contributed by atoms with van der Waals surface area (Å²) in [5, 5.41) is 9.64. The van der Waals surface area contributed by atoms with Gasteiger partial charge in [0.1, 0.15) is 11.6 Å². The Kier molecular flexibility index (Phi) is 5.35. The minimum absolute atomic E-state index is 0.0138. The van der Waals surface area contributed by atoms with Crippen LogP contribution in [0, 0.1) is 11.6 Å². The zero-order valence-corrected chi connectivity index (χ0v) is 9.25. The molecule has 16 heavy (non-hydrogen) atoms. The lowest BCUT2D eigenvalue weighted by Gasteiger charge is -2.12. The van der Waals surface area contributed by atoms with E-state index in [0.717, 1.165) is 24.6 Å². The van der Waals surface area contributed by atoms with E-state index in [9.17, 15) is 13.9 Å². The molecule has 0 heterocycles. The van der Waals surface area contributed by atoms with Gasteiger partial charge in [0.25, 0.3) is 0 Å². The number of rotatable bonds is 6. The third kappa shape index (κ3) is 3.87. The van der Waals surface area contributed by atoms with Crippen molar-refractivity contribution in [1.29, 1.82) is 0 Å². The highest BCUT2D eigenvalue weighted by atomic mass is 19.1. The lowest BCUT2D eigenvalue weighted by molar-refractivity contribution is 0.0805. The molecule has 90 valence electrons. The van der Waals surface area contributed by atoms with Crippen LogP contribution in [0.5, 0.6) is 0 Å². The van der Waals surface area contributed by atoms with Crippen LogP contribution in [0.1, 0.15) is 31.4 Å². The Morgan fingerprint density at radius 3 is 2.75 bits per heavy atom. The van der Waals surface area contributed by atoms with E-state index >= 15 is 0 Å². The van der Waals surface area contributed by atoms with Crippen molar-refractivity contribution in [3.05, 3.63) is 35.4 Å². The van der Waals surface area contributed by atoms with Gasteiger partial charge >= 0.3 is 0 Å². The quantitative estimate of drug-likeness (QED) is 0.761. The first-order chi connectivity index (χ1) is 7.65. The molecule has 1 aromatic carbocycles. The lowest BCUT2D eigenvalue weighted by Crippen LogP contribution is -2.06. The van der Waals surface area contributed by atoms with E-state index in [0.29, 0.717) is 13.2 Å². The van der Waals surface area contributed by atoms with Gasteiger partial charge < -0.3 is 9.84 Å². The van der Waals surface area contributed by atoms with E-state index in [-0.39, 0.29) is 12.0 Å². The SMILES string of the molecule is CCCOCCC(O)c1cc(F)ccc1F. The fraction of sp³-hybridized carbons (Fsp3) is 0.500. The topological polar surface area (TPSA) is 29.5 Å². The number of aliphatic hydroxyl groups is 1. The number of hydrogen-bond donors (Lipinski definition) is 1. The first-order valence-electron chi connectivity index (χ1n) is 5.36. The smallest absolute Gasteiger partial charge is 0.129 e. The molecule has 0 aromatic heterocycles. The molecule has 0 aliphatic carbocycles. The summed E-state index contributed by atoms with van der Waals surface area (Å²) in [7, 11) is 0. The van der Waals surface area contributed by atoms with Crippen molar-refractivity contribution in [1.82, 2.24) is 0 Å². The zero-order valence-electron chi connectivity index (χ0n) is 9.25. The van der Waals surface area contributed by atoms with E-state index in [2.05, 4.69) is 0 Å². The third-order valence-corrected chi connectivity index (χ3v) is 2.20. The minimum Gasteiger partial charge on any atom is -0.388 e. The second-order valence-corrected chi connectivity index (χ2v) is 3.58. The van der Waals surface area contributed by atoms with Gasteiger partial charge in [0.15, 0.2) is 0 Å². The fourth-order valence-electron chi connectivity index (χ4n) is 1.37. The highest BCUT2D eigenvalue weighted by Gasteiger charge is 2.13. The van der Waals surface area contributed by atoms with Crippen LogP contribution in [-0.4, -0.2) is 18.3 Å². The van der Waals surface area contributed by atoms with Gasteiger partial charge in [-0.05, 0) is 24.6 Å². The van der Waals surface area contributed by atoms with E-state index in [1.54, 1.807) is 0 Å². The maximum atomic E-state index is 13.2. The van der Waals surface area contributed by atoms with Gasteiger partial charge in [0.05, 0.1) is 6.10 Å². The summed E-state index contributed by atoms with van der Waals surface area (Å²) in [5.41, 5.74) is -0.0138. The van der Waals surface area contributed by atoms with E-state index < -0.39 is 17.7 Å². The summed E-state index contributed by atoms with van der Waals surface area (Å²) in [6.45, 7) is 2.92. The summed E-state index contributed by atoms with van der Waals surface area (Å²) >= 11 is 0. The van der Waals surface area contributed by atoms with E-state index in [1.165, 1.54) is 0 Å². The molecule has 2 nitrogen and oxygen atoms in total. The molecule has 0 spiro atoms. The van der Waals surface area contributed by atoms with Crippen LogP contribution in [0.25, 0.3) is 0 Å². The predicted molar refractivity (Wildman–Crippen MR) is 57.0 cm³/mol. The van der Waals surface area contributed by atoms with Gasteiger partial charge in [-0.15, -0.1) is 0 Å². The van der Waals surface area contributed by atoms with Crippen LogP contribution in [0.4, 0.5) is 8.78 Å². The van der Waals surface area contributed by atoms with Gasteiger partial charge in [-0.25, -0.2) is 8.78 Å². The summed E-state index contributed by atoms with van der Waals surface area (Å²) in [6.07, 6.45) is 0.137. The monoisotopic (exact) mass is 230 g/mol. The van der Waals surface area contributed by atoms with Crippen molar-refractivity contribution in [3.8, 4) is 0 Å². The maximum Gasteiger partial charge on any atom is 0.129 e. The average Bonchev–Trinajstić information content (AvgIpc) is 2.27. The number of hydrogen-bond acceptors (Lipinski definition) is 2. The average molecular weight is 230 g/mol. The Labute approximate surface area is 93.9 Å². The molecule has 1 N–H and O–H groups in total. The molecule has 0 saturated carbocycles. The van der Waals surface area contributed by atoms with Crippen molar-refractivity contribution < 1.29 is 18.6 Å². The molecule has 0 radical (unpaired) electrons. The standard InChI is InChI=1S/C12H16F2O2/c1-2-6-16-7-5-12(15)10-8-9(13)3-4-11(10)14/h3-4,8,12,15H,2,5-7H2,1H3. The molecule has 0 aliphatic rings. The largest absolute Gasteiger partial charge is 0.388 e. The Hall–Kier alpha value is -1.00. The number of halogens is 2. The van der Waals surface area contributed by atoms with Gasteiger partial charge in [-0.3, -0.25) is 0 Å². The third-order valence-electron chi connectivity index (χ3n) is 2.20. The molecule has 0 aliphatic heterocycles. The van der Waals surface area contributed by atoms with Gasteiger partial charge in [0, 0.05) is 25.2 Å². The highest BCUT2D eigenvalue weighted by molar-refractivity contribution is 5.20. The molecule has 0 saturated heterocycles. The van der Waals surface area contributed by atoms with Crippen molar-refractivity contribution in [3.63, 3.8) is 0 Å². The van der Waals surface area contributed by atoms with E-state index in [4.69, 9.17) is 4.74 Å². The summed E-state index contributed by atoms with van der Waals surface area (Å²) in [4.78, 5) is 0. The normalized spacial score (nSPS) is 12.8. The van der Waals surface area contributed by atoms with Crippen LogP contribution in [0.2, 0.25) is 0 Å². The predicted octanol–water partition coefficient (Wildman–Crippen LogP) is 2.81. The summed E-state index contributed by atoms with van der Waals surface area (Å²) in [5.74, 6) is -1.14. The molecule has 1 aromatic rings. The molecule has 1 atom stereocenters. The Morgan fingerprint density at radius 1 is 1.31 bits per heavy atom. The maximum absolute atomic E-state index is 13.2. The molecule has 0 amide bonds. The first-order valence-corrected chi connectivity index (χ1v) is 5.36. The van der Waals surface area contributed by atoms with Crippen molar-refractivity contribution in [2.45, 2.75) is 25.9 Å². The second kappa shape index (κ2) is 6.55. The fourth-order valence-corrected chi connectivity index (χ4v) is 1.37. The molecule has 1 rings (SSSR count). The molecular formula is C12H16F2O2. The van der Waals surface area contributed by atoms with Crippen LogP contribution >= 0.6 is 0 Å². The molecule has 1 unspecified atom stereocenters. The second-order valence-electron chi connectivity index (χ2n) is 3.58. The van der Waals surface area contributed by atoms with Gasteiger partial charge in [-0.1, -0.05) is 6.92 Å². The van der Waals surface area contributed by atoms with Crippen molar-refractivity contribution >= 4 is 0 Å². The van der Waals surface area contributed by atoms with Crippen LogP contribution in [0.15, 0.2) is 18.2 Å². The minimum atomic E-state index is -1.02. The summed E-state index contributed by atoms with van der Waals surface area (Å²) in [6, 6.07) is 3.06. The molecule has 4 heteroatoms. The Morgan fingerprint density at radius 2 is 2.06 bits per heavy atom. The van der Waals surface area contributed by atoms with Crippen LogP contribution in [-0.2, 0) is 4.74 Å². The Balaban J connectivity index is 2.51.